The molecule has 0 fully saturated rings. The summed E-state index contributed by atoms with van der Waals surface area (Å²) in [7, 11) is 0. The number of benzene rings is 2. The first-order chi connectivity index (χ1) is 17.0. The van der Waals surface area contributed by atoms with Crippen LogP contribution in [0.15, 0.2) is 72.8 Å². The summed E-state index contributed by atoms with van der Waals surface area (Å²) in [6.45, 7) is 2.16. The van der Waals surface area contributed by atoms with E-state index in [-0.39, 0.29) is 38.3 Å². The van der Waals surface area contributed by atoms with Crippen molar-refractivity contribution in [3.05, 3.63) is 83.9 Å². The molecule has 1 amide bonds. The normalized spacial score (nSPS) is 21.4. The first kappa shape index (κ1) is 26.3. The monoisotopic (exact) mass is 478 g/mol. The highest BCUT2D eigenvalue weighted by Crippen LogP contribution is 2.32. The van der Waals surface area contributed by atoms with Gasteiger partial charge in [0.05, 0.1) is 31.4 Å². The van der Waals surface area contributed by atoms with Crippen LogP contribution >= 0.6 is 0 Å². The highest BCUT2D eigenvalue weighted by Gasteiger charge is 2.48. The fourth-order valence-corrected chi connectivity index (χ4v) is 3.92. The molecule has 0 saturated carbocycles. The molecule has 35 heavy (non-hydrogen) atoms. The lowest BCUT2D eigenvalue weighted by atomic mass is 9.73. The van der Waals surface area contributed by atoms with Crippen LogP contribution in [0, 0.1) is 17.2 Å². The van der Waals surface area contributed by atoms with Crippen molar-refractivity contribution in [1.82, 2.24) is 5.32 Å². The molecule has 3 rings (SSSR count). The Hall–Kier alpha value is -3.35. The van der Waals surface area contributed by atoms with Gasteiger partial charge in [0.2, 0.25) is 5.91 Å². The van der Waals surface area contributed by atoms with Crippen LogP contribution in [-0.4, -0.2) is 43.5 Å². The molecule has 8 nitrogen and oxygen atoms in total. The summed E-state index contributed by atoms with van der Waals surface area (Å²) in [5.41, 5.74) is 0.860. The van der Waals surface area contributed by atoms with Crippen LogP contribution in [0.1, 0.15) is 24.5 Å². The van der Waals surface area contributed by atoms with Gasteiger partial charge in [0, 0.05) is 6.92 Å². The van der Waals surface area contributed by atoms with Crippen molar-refractivity contribution in [1.29, 1.82) is 5.26 Å². The number of nitriles is 1. The first-order valence-electron chi connectivity index (χ1n) is 11.4. The topological polar surface area (TPSA) is 107 Å². The van der Waals surface area contributed by atoms with Crippen molar-refractivity contribution < 1.29 is 28.5 Å². The van der Waals surface area contributed by atoms with Gasteiger partial charge >= 0.3 is 0 Å². The molecular formula is C27H30N2O6. The molecule has 2 aromatic carbocycles. The largest absolute Gasteiger partial charge is 0.355 e. The van der Waals surface area contributed by atoms with Crippen LogP contribution in [0.4, 0.5) is 0 Å². The number of carbonyl (C=O) groups excluding carboxylic acids is 2. The lowest BCUT2D eigenvalue weighted by Crippen LogP contribution is -2.59. The molecule has 3 atom stereocenters. The number of ketones is 1. The summed E-state index contributed by atoms with van der Waals surface area (Å²) in [4.78, 5) is 24.6. The van der Waals surface area contributed by atoms with Gasteiger partial charge in [0.15, 0.2) is 5.78 Å². The Bertz CT molecular complexity index is 1020. The predicted molar refractivity (Wildman–Crippen MR) is 127 cm³/mol. The molecule has 184 valence electrons. The number of ether oxygens (including phenoxy) is 4. The van der Waals surface area contributed by atoms with E-state index in [9.17, 15) is 14.9 Å². The number of hydrogen-bond donors (Lipinski definition) is 1. The Morgan fingerprint density at radius 2 is 1.57 bits per heavy atom. The molecule has 1 aliphatic rings. The second kappa shape index (κ2) is 13.5. The van der Waals surface area contributed by atoms with Crippen molar-refractivity contribution in [2.24, 2.45) is 5.92 Å². The minimum absolute atomic E-state index is 0.0537. The number of nitrogens with zero attached hydrogens (tertiary/aromatic N) is 1. The molecule has 0 aromatic heterocycles. The van der Waals surface area contributed by atoms with Gasteiger partial charge in [0.1, 0.15) is 25.6 Å². The second-order valence-electron chi connectivity index (χ2n) is 8.21. The SMILES string of the molecule is CC(=O)N[C@@]1(CCOCOCc2ccccc2)C=CC(=O)[C@H](OCOCc2ccccc2)[C@@H]1C#N. The van der Waals surface area contributed by atoms with E-state index >= 15 is 0 Å². The van der Waals surface area contributed by atoms with Crippen molar-refractivity contribution in [2.75, 3.05) is 20.2 Å². The Balaban J connectivity index is 1.56. The summed E-state index contributed by atoms with van der Waals surface area (Å²) in [6, 6.07) is 21.4. The quantitative estimate of drug-likeness (QED) is 0.348. The highest BCUT2D eigenvalue weighted by atomic mass is 16.7. The fraction of sp³-hybridized carbons (Fsp3) is 0.370. The van der Waals surface area contributed by atoms with E-state index < -0.39 is 17.6 Å². The Morgan fingerprint density at radius 3 is 2.14 bits per heavy atom. The molecule has 0 spiro atoms. The zero-order valence-corrected chi connectivity index (χ0v) is 19.7. The molecule has 0 radical (unpaired) electrons. The van der Waals surface area contributed by atoms with Crippen LogP contribution in [0.25, 0.3) is 0 Å². The number of nitrogens with one attached hydrogen (secondary N) is 1. The average Bonchev–Trinajstić information content (AvgIpc) is 2.87. The first-order valence-corrected chi connectivity index (χ1v) is 11.4. The molecule has 8 heteroatoms. The van der Waals surface area contributed by atoms with E-state index in [2.05, 4.69) is 11.4 Å². The molecule has 0 heterocycles. The zero-order valence-electron chi connectivity index (χ0n) is 19.7. The van der Waals surface area contributed by atoms with Crippen LogP contribution in [0.3, 0.4) is 0 Å². The molecular weight excluding hydrogens is 448 g/mol. The van der Waals surface area contributed by atoms with Gasteiger partial charge in [-0.15, -0.1) is 0 Å². The lowest BCUT2D eigenvalue weighted by Gasteiger charge is -2.40. The van der Waals surface area contributed by atoms with Gasteiger partial charge in [-0.25, -0.2) is 0 Å². The second-order valence-corrected chi connectivity index (χ2v) is 8.21. The molecule has 0 aliphatic heterocycles. The molecule has 2 aromatic rings. The van der Waals surface area contributed by atoms with E-state index in [4.69, 9.17) is 18.9 Å². The number of rotatable bonds is 13. The molecule has 1 N–H and O–H groups in total. The Labute approximate surface area is 205 Å². The van der Waals surface area contributed by atoms with Crippen molar-refractivity contribution in [3.8, 4) is 6.07 Å². The summed E-state index contributed by atoms with van der Waals surface area (Å²) in [5.74, 6) is -1.64. The van der Waals surface area contributed by atoms with Crippen LogP contribution in [0.5, 0.6) is 0 Å². The maximum Gasteiger partial charge on any atom is 0.217 e. The highest BCUT2D eigenvalue weighted by molar-refractivity contribution is 5.96. The Morgan fingerprint density at radius 1 is 0.971 bits per heavy atom. The van der Waals surface area contributed by atoms with E-state index in [1.807, 2.05) is 60.7 Å². The van der Waals surface area contributed by atoms with E-state index in [1.165, 1.54) is 13.0 Å². The third-order valence-electron chi connectivity index (χ3n) is 5.61. The molecule has 1 aliphatic carbocycles. The minimum atomic E-state index is -1.13. The summed E-state index contributed by atoms with van der Waals surface area (Å²) >= 11 is 0. The van der Waals surface area contributed by atoms with Crippen molar-refractivity contribution in [3.63, 3.8) is 0 Å². The number of hydrogen-bond acceptors (Lipinski definition) is 7. The van der Waals surface area contributed by atoms with Crippen LogP contribution in [-0.2, 0) is 41.8 Å². The summed E-state index contributed by atoms with van der Waals surface area (Å²) < 4.78 is 22.4. The van der Waals surface area contributed by atoms with Gasteiger partial charge in [0.25, 0.3) is 0 Å². The van der Waals surface area contributed by atoms with Gasteiger partial charge in [-0.05, 0) is 23.6 Å². The Kier molecular flexibility index (Phi) is 10.1. The van der Waals surface area contributed by atoms with E-state index in [0.29, 0.717) is 13.2 Å². The average molecular weight is 479 g/mol. The number of carbonyl (C=O) groups is 2. The molecule has 0 bridgehead atoms. The summed E-state index contributed by atoms with van der Waals surface area (Å²) in [6.07, 6.45) is 2.08. The van der Waals surface area contributed by atoms with Gasteiger partial charge in [-0.2, -0.15) is 5.26 Å². The van der Waals surface area contributed by atoms with Crippen molar-refractivity contribution >= 4 is 11.7 Å². The fourth-order valence-electron chi connectivity index (χ4n) is 3.92. The standard InChI is InChI=1S/C27H30N2O6/c1-21(30)29-27(14-15-32-19-33-17-22-8-4-2-5-9-22)13-12-25(31)26(24(27)16-28)35-20-34-18-23-10-6-3-7-11-23/h2-13,24,26H,14-15,17-20H2,1H3,(H,29,30)/t24-,26+,27+/m0/s1. The van der Waals surface area contributed by atoms with Gasteiger partial charge in [-0.3, -0.25) is 9.59 Å². The molecule has 0 saturated heterocycles. The lowest BCUT2D eigenvalue weighted by molar-refractivity contribution is -0.149. The predicted octanol–water partition coefficient (Wildman–Crippen LogP) is 3.28. The summed E-state index contributed by atoms with van der Waals surface area (Å²) in [5, 5.41) is 12.8. The number of amides is 1. The zero-order chi connectivity index (χ0) is 24.9. The molecule has 0 unspecified atom stereocenters. The van der Waals surface area contributed by atoms with E-state index in [0.717, 1.165) is 11.1 Å². The third-order valence-corrected chi connectivity index (χ3v) is 5.61. The van der Waals surface area contributed by atoms with Crippen LogP contribution < -0.4 is 5.32 Å². The smallest absolute Gasteiger partial charge is 0.217 e. The van der Waals surface area contributed by atoms with Crippen LogP contribution in [0.2, 0.25) is 0 Å². The maximum atomic E-state index is 12.6. The minimum Gasteiger partial charge on any atom is -0.355 e. The van der Waals surface area contributed by atoms with E-state index in [1.54, 1.807) is 6.08 Å². The van der Waals surface area contributed by atoms with Gasteiger partial charge in [-0.1, -0.05) is 66.7 Å². The van der Waals surface area contributed by atoms with Gasteiger partial charge < -0.3 is 24.3 Å². The third kappa shape index (κ3) is 7.84. The maximum absolute atomic E-state index is 12.6. The van der Waals surface area contributed by atoms with Crippen molar-refractivity contribution in [2.45, 2.75) is 38.2 Å².